The summed E-state index contributed by atoms with van der Waals surface area (Å²) in [6.45, 7) is 0.550. The number of halogens is 1. The molecule has 3 rings (SSSR count). The summed E-state index contributed by atoms with van der Waals surface area (Å²) in [5, 5.41) is 5.29. The van der Waals surface area contributed by atoms with Crippen LogP contribution in [0.25, 0.3) is 0 Å². The smallest absolute Gasteiger partial charge is 0.319 e. The van der Waals surface area contributed by atoms with Crippen molar-refractivity contribution in [3.8, 4) is 0 Å². The standard InChI is InChI=1S/C15H15FN4O2/c16-11-9-18-6-3-12(11)19-15(21)20-13-4-7-22-14(13)10-2-1-5-17-8-10/h1-3,5-6,8-9,13-14H,4,7H2,(H2,18,19,20,21)/t13-,14+/m0/s1. The quantitative estimate of drug-likeness (QED) is 0.912. The first kappa shape index (κ1) is 14.4. The van der Waals surface area contributed by atoms with Gasteiger partial charge in [-0.3, -0.25) is 9.97 Å². The number of urea groups is 1. The molecule has 7 heteroatoms. The van der Waals surface area contributed by atoms with Gasteiger partial charge in [0.15, 0.2) is 5.82 Å². The Morgan fingerprint density at radius 3 is 2.91 bits per heavy atom. The Bertz CT molecular complexity index is 653. The number of carbonyl (C=O) groups is 1. The van der Waals surface area contributed by atoms with Gasteiger partial charge in [0.05, 0.1) is 17.9 Å². The topological polar surface area (TPSA) is 76.1 Å². The summed E-state index contributed by atoms with van der Waals surface area (Å²) in [6, 6.07) is 4.46. The lowest BCUT2D eigenvalue weighted by molar-refractivity contribution is 0.100. The Labute approximate surface area is 126 Å². The average Bonchev–Trinajstić information content (AvgIpc) is 2.98. The highest BCUT2D eigenvalue weighted by Gasteiger charge is 2.31. The second-order valence-electron chi connectivity index (χ2n) is 4.93. The van der Waals surface area contributed by atoms with Gasteiger partial charge in [0.1, 0.15) is 6.10 Å². The Hall–Kier alpha value is -2.54. The molecule has 1 fully saturated rings. The van der Waals surface area contributed by atoms with E-state index in [1.807, 2.05) is 12.1 Å². The van der Waals surface area contributed by atoms with E-state index in [1.54, 1.807) is 12.4 Å². The Morgan fingerprint density at radius 2 is 2.14 bits per heavy atom. The van der Waals surface area contributed by atoms with Gasteiger partial charge in [0, 0.05) is 30.8 Å². The SMILES string of the molecule is O=C(Nc1ccncc1F)N[C@H]1CCO[C@@H]1c1cccnc1. The van der Waals surface area contributed by atoms with E-state index in [2.05, 4.69) is 20.6 Å². The maximum atomic E-state index is 13.5. The molecule has 0 aromatic carbocycles. The van der Waals surface area contributed by atoms with Gasteiger partial charge < -0.3 is 15.4 Å². The highest BCUT2D eigenvalue weighted by Crippen LogP contribution is 2.28. The van der Waals surface area contributed by atoms with Crippen LogP contribution < -0.4 is 10.6 Å². The molecular weight excluding hydrogens is 287 g/mol. The van der Waals surface area contributed by atoms with Crippen molar-refractivity contribution in [2.75, 3.05) is 11.9 Å². The summed E-state index contributed by atoms with van der Waals surface area (Å²) in [5.41, 5.74) is 0.990. The van der Waals surface area contributed by atoms with Crippen molar-refractivity contribution >= 4 is 11.7 Å². The molecule has 2 atom stereocenters. The summed E-state index contributed by atoms with van der Waals surface area (Å²) in [4.78, 5) is 19.7. The highest BCUT2D eigenvalue weighted by atomic mass is 19.1. The van der Waals surface area contributed by atoms with E-state index in [9.17, 15) is 9.18 Å². The fraction of sp³-hybridized carbons (Fsp3) is 0.267. The summed E-state index contributed by atoms with van der Waals surface area (Å²) in [5.74, 6) is -0.580. The zero-order valence-electron chi connectivity index (χ0n) is 11.7. The third-order valence-corrected chi connectivity index (χ3v) is 3.44. The van der Waals surface area contributed by atoms with E-state index in [0.29, 0.717) is 13.0 Å². The molecule has 0 spiro atoms. The van der Waals surface area contributed by atoms with Gasteiger partial charge in [-0.15, -0.1) is 0 Å². The van der Waals surface area contributed by atoms with Gasteiger partial charge in [-0.05, 0) is 18.6 Å². The molecule has 22 heavy (non-hydrogen) atoms. The number of carbonyl (C=O) groups excluding carboxylic acids is 1. The number of nitrogens with zero attached hydrogens (tertiary/aromatic N) is 2. The van der Waals surface area contributed by atoms with Crippen LogP contribution in [0.4, 0.5) is 14.9 Å². The molecule has 0 radical (unpaired) electrons. The molecule has 2 amide bonds. The fourth-order valence-electron chi connectivity index (χ4n) is 2.41. The molecule has 0 saturated carbocycles. The first-order chi connectivity index (χ1) is 10.7. The number of rotatable bonds is 3. The van der Waals surface area contributed by atoms with Crippen molar-refractivity contribution in [1.82, 2.24) is 15.3 Å². The second-order valence-corrected chi connectivity index (χ2v) is 4.93. The zero-order valence-corrected chi connectivity index (χ0v) is 11.7. The van der Waals surface area contributed by atoms with Crippen molar-refractivity contribution in [2.24, 2.45) is 0 Å². The van der Waals surface area contributed by atoms with E-state index >= 15 is 0 Å². The average molecular weight is 302 g/mol. The van der Waals surface area contributed by atoms with E-state index in [-0.39, 0.29) is 17.8 Å². The van der Waals surface area contributed by atoms with Gasteiger partial charge in [-0.25, -0.2) is 9.18 Å². The Kier molecular flexibility index (Phi) is 4.24. The number of pyridine rings is 2. The van der Waals surface area contributed by atoms with Crippen LogP contribution in [0.5, 0.6) is 0 Å². The monoisotopic (exact) mass is 302 g/mol. The van der Waals surface area contributed by atoms with Crippen molar-refractivity contribution in [3.63, 3.8) is 0 Å². The number of aromatic nitrogens is 2. The van der Waals surface area contributed by atoms with E-state index in [1.165, 1.54) is 12.3 Å². The highest BCUT2D eigenvalue weighted by molar-refractivity contribution is 5.89. The van der Waals surface area contributed by atoms with Crippen LogP contribution in [0.1, 0.15) is 18.1 Å². The molecule has 2 N–H and O–H groups in total. The molecule has 3 heterocycles. The molecular formula is C15H15FN4O2. The number of anilines is 1. The number of hydrogen-bond donors (Lipinski definition) is 2. The number of nitrogens with one attached hydrogen (secondary N) is 2. The molecule has 0 unspecified atom stereocenters. The molecule has 0 aliphatic carbocycles. The first-order valence-electron chi connectivity index (χ1n) is 6.92. The van der Waals surface area contributed by atoms with Crippen LogP contribution in [0, 0.1) is 5.82 Å². The van der Waals surface area contributed by atoms with Crippen molar-refractivity contribution in [3.05, 3.63) is 54.4 Å². The summed E-state index contributed by atoms with van der Waals surface area (Å²) in [7, 11) is 0. The maximum Gasteiger partial charge on any atom is 0.319 e. The molecule has 1 aliphatic rings. The van der Waals surface area contributed by atoms with Crippen LogP contribution >= 0.6 is 0 Å². The van der Waals surface area contributed by atoms with Gasteiger partial charge >= 0.3 is 6.03 Å². The minimum absolute atomic E-state index is 0.0874. The number of ether oxygens (including phenoxy) is 1. The van der Waals surface area contributed by atoms with Crippen LogP contribution in [0.15, 0.2) is 43.0 Å². The minimum Gasteiger partial charge on any atom is -0.371 e. The molecule has 114 valence electrons. The second kappa shape index (κ2) is 6.48. The van der Waals surface area contributed by atoms with Crippen molar-refractivity contribution in [1.29, 1.82) is 0 Å². The largest absolute Gasteiger partial charge is 0.371 e. The summed E-state index contributed by atoms with van der Waals surface area (Å²) >= 11 is 0. The molecule has 2 aromatic rings. The van der Waals surface area contributed by atoms with E-state index < -0.39 is 11.8 Å². The van der Waals surface area contributed by atoms with E-state index in [4.69, 9.17) is 4.74 Å². The molecule has 1 aliphatic heterocycles. The maximum absolute atomic E-state index is 13.5. The van der Waals surface area contributed by atoms with Gasteiger partial charge in [-0.2, -0.15) is 0 Å². The van der Waals surface area contributed by atoms with Crippen LogP contribution in [-0.2, 0) is 4.74 Å². The van der Waals surface area contributed by atoms with Crippen LogP contribution in [0.3, 0.4) is 0 Å². The van der Waals surface area contributed by atoms with Crippen molar-refractivity contribution in [2.45, 2.75) is 18.6 Å². The lowest BCUT2D eigenvalue weighted by atomic mass is 10.0. The minimum atomic E-state index is -0.580. The normalized spacial score (nSPS) is 20.6. The van der Waals surface area contributed by atoms with Crippen LogP contribution in [0.2, 0.25) is 0 Å². The van der Waals surface area contributed by atoms with Gasteiger partial charge in [-0.1, -0.05) is 6.07 Å². The first-order valence-corrected chi connectivity index (χ1v) is 6.92. The molecule has 0 bridgehead atoms. The van der Waals surface area contributed by atoms with Crippen LogP contribution in [-0.4, -0.2) is 28.6 Å². The lowest BCUT2D eigenvalue weighted by Crippen LogP contribution is -2.39. The third kappa shape index (κ3) is 3.20. The Morgan fingerprint density at radius 1 is 1.27 bits per heavy atom. The predicted molar refractivity (Wildman–Crippen MR) is 77.7 cm³/mol. The zero-order chi connectivity index (χ0) is 15.4. The third-order valence-electron chi connectivity index (χ3n) is 3.44. The van der Waals surface area contributed by atoms with E-state index in [0.717, 1.165) is 11.8 Å². The Balaban J connectivity index is 1.65. The molecule has 6 nitrogen and oxygen atoms in total. The predicted octanol–water partition coefficient (Wildman–Crippen LogP) is 2.27. The number of hydrogen-bond acceptors (Lipinski definition) is 4. The van der Waals surface area contributed by atoms with Crippen molar-refractivity contribution < 1.29 is 13.9 Å². The number of amides is 2. The molecule has 1 saturated heterocycles. The summed E-state index contributed by atoms with van der Waals surface area (Å²) < 4.78 is 19.1. The van der Waals surface area contributed by atoms with Gasteiger partial charge in [0.2, 0.25) is 0 Å². The molecule has 2 aromatic heterocycles. The fourth-order valence-corrected chi connectivity index (χ4v) is 2.41. The summed E-state index contributed by atoms with van der Waals surface area (Å²) in [6.07, 6.45) is 6.29. The lowest BCUT2D eigenvalue weighted by Gasteiger charge is -2.20. The van der Waals surface area contributed by atoms with Gasteiger partial charge in [0.25, 0.3) is 0 Å².